The first-order valence-electron chi connectivity index (χ1n) is 3.88. The van der Waals surface area contributed by atoms with E-state index in [2.05, 4.69) is 0 Å². The zero-order valence-corrected chi connectivity index (χ0v) is 8.02. The minimum Gasteiger partial charge on any atom is -0.464 e. The van der Waals surface area contributed by atoms with Crippen LogP contribution < -0.4 is 0 Å². The van der Waals surface area contributed by atoms with Gasteiger partial charge in [-0.25, -0.2) is 0 Å². The van der Waals surface area contributed by atoms with E-state index >= 15 is 0 Å². The molecule has 0 spiro atoms. The van der Waals surface area contributed by atoms with Gasteiger partial charge in [-0.15, -0.1) is 11.6 Å². The van der Waals surface area contributed by atoms with E-state index in [0.29, 0.717) is 6.61 Å². The first-order chi connectivity index (χ1) is 5.07. The monoisotopic (exact) mass is 178 g/mol. The Morgan fingerprint density at radius 1 is 1.55 bits per heavy atom. The van der Waals surface area contributed by atoms with Crippen LogP contribution in [0.4, 0.5) is 0 Å². The van der Waals surface area contributed by atoms with Crippen molar-refractivity contribution < 1.29 is 9.53 Å². The Labute approximate surface area is 72.9 Å². The van der Waals surface area contributed by atoms with Crippen molar-refractivity contribution in [1.29, 1.82) is 0 Å². The third-order valence-corrected chi connectivity index (χ3v) is 1.76. The largest absolute Gasteiger partial charge is 0.464 e. The number of rotatable bonds is 4. The topological polar surface area (TPSA) is 26.3 Å². The highest BCUT2D eigenvalue weighted by atomic mass is 35.5. The molecule has 0 radical (unpaired) electrons. The van der Waals surface area contributed by atoms with Crippen LogP contribution in [0.25, 0.3) is 0 Å². The van der Waals surface area contributed by atoms with Crippen LogP contribution in [0.15, 0.2) is 0 Å². The number of esters is 1. The van der Waals surface area contributed by atoms with E-state index in [9.17, 15) is 4.79 Å². The minimum atomic E-state index is -0.177. The first-order valence-corrected chi connectivity index (χ1v) is 4.32. The molecule has 0 saturated carbocycles. The van der Waals surface area contributed by atoms with Gasteiger partial charge in [0.05, 0.1) is 11.3 Å². The molecule has 0 bridgehead atoms. The second-order valence-corrected chi connectivity index (χ2v) is 3.41. The lowest BCUT2D eigenvalue weighted by molar-refractivity contribution is -0.147. The van der Waals surface area contributed by atoms with Gasteiger partial charge >= 0.3 is 5.97 Å². The van der Waals surface area contributed by atoms with E-state index in [1.54, 1.807) is 13.8 Å². The molecule has 0 aliphatic rings. The molecule has 0 N–H and O–H groups in total. The first kappa shape index (κ1) is 10.8. The highest BCUT2D eigenvalue weighted by Gasteiger charge is 2.10. The van der Waals surface area contributed by atoms with Crippen LogP contribution in [-0.4, -0.2) is 18.0 Å². The Morgan fingerprint density at radius 3 is 2.45 bits per heavy atom. The summed E-state index contributed by atoms with van der Waals surface area (Å²) in [6.07, 6.45) is 0.826. The summed E-state index contributed by atoms with van der Waals surface area (Å²) in [5.41, 5.74) is 0. The number of carbonyl (C=O) groups is 1. The molecule has 11 heavy (non-hydrogen) atoms. The van der Waals surface area contributed by atoms with Crippen LogP contribution in [0.1, 0.15) is 27.2 Å². The lowest BCUT2D eigenvalue weighted by Crippen LogP contribution is -2.17. The van der Waals surface area contributed by atoms with Gasteiger partial charge in [-0.2, -0.15) is 0 Å². The normalized spacial score (nSPS) is 13.2. The summed E-state index contributed by atoms with van der Waals surface area (Å²) in [5.74, 6) is -0.236. The number of carbonyl (C=O) groups excluding carboxylic acids is 1. The number of alkyl halides is 1. The van der Waals surface area contributed by atoms with Crippen molar-refractivity contribution in [2.24, 2.45) is 5.92 Å². The van der Waals surface area contributed by atoms with Gasteiger partial charge in [0, 0.05) is 0 Å². The van der Waals surface area contributed by atoms with Gasteiger partial charge in [-0.1, -0.05) is 20.8 Å². The predicted molar refractivity (Wildman–Crippen MR) is 45.7 cm³/mol. The molecule has 3 heteroatoms. The lowest BCUT2D eigenvalue weighted by atomic mass is 10.2. The predicted octanol–water partition coefficient (Wildman–Crippen LogP) is 2.20. The van der Waals surface area contributed by atoms with Crippen molar-refractivity contribution in [3.05, 3.63) is 0 Å². The molecule has 66 valence electrons. The molecule has 0 aliphatic carbocycles. The second kappa shape index (κ2) is 5.42. The maximum absolute atomic E-state index is 10.9. The van der Waals surface area contributed by atoms with Crippen molar-refractivity contribution in [3.8, 4) is 0 Å². The molecule has 0 aliphatic heterocycles. The summed E-state index contributed by atoms with van der Waals surface area (Å²) < 4.78 is 4.89. The highest BCUT2D eigenvalue weighted by molar-refractivity contribution is 6.20. The average Bonchev–Trinajstić information content (AvgIpc) is 1.99. The van der Waals surface area contributed by atoms with Crippen molar-refractivity contribution >= 4 is 17.6 Å². The van der Waals surface area contributed by atoms with Gasteiger partial charge in [-0.05, 0) is 6.42 Å². The van der Waals surface area contributed by atoms with Crippen LogP contribution in [-0.2, 0) is 9.53 Å². The molecule has 0 aromatic rings. The van der Waals surface area contributed by atoms with Gasteiger partial charge in [0.15, 0.2) is 0 Å². The zero-order chi connectivity index (χ0) is 8.85. The molecule has 0 amide bonds. The van der Waals surface area contributed by atoms with E-state index < -0.39 is 0 Å². The zero-order valence-electron chi connectivity index (χ0n) is 7.26. The molecule has 2 nitrogen and oxygen atoms in total. The van der Waals surface area contributed by atoms with Gasteiger partial charge in [-0.3, -0.25) is 4.79 Å². The van der Waals surface area contributed by atoms with Crippen LogP contribution in [0, 0.1) is 5.92 Å². The standard InChI is InChI=1S/C8H15ClO2/c1-4-7(9)5-11-8(10)6(2)3/h6-7H,4-5H2,1-3H3. The lowest BCUT2D eigenvalue weighted by Gasteiger charge is -2.09. The average molecular weight is 179 g/mol. The number of halogens is 1. The van der Waals surface area contributed by atoms with E-state index in [1.165, 1.54) is 0 Å². The number of ether oxygens (including phenoxy) is 1. The molecule has 0 fully saturated rings. The van der Waals surface area contributed by atoms with Crippen molar-refractivity contribution in [3.63, 3.8) is 0 Å². The van der Waals surface area contributed by atoms with E-state index in [0.717, 1.165) is 6.42 Å². The van der Waals surface area contributed by atoms with Gasteiger partial charge in [0.1, 0.15) is 6.61 Å². The second-order valence-electron chi connectivity index (χ2n) is 2.79. The Hall–Kier alpha value is -0.240. The van der Waals surface area contributed by atoms with Crippen molar-refractivity contribution in [2.45, 2.75) is 32.6 Å². The molecule has 0 aromatic heterocycles. The molecule has 0 rings (SSSR count). The van der Waals surface area contributed by atoms with E-state index in [1.807, 2.05) is 6.92 Å². The third kappa shape index (κ3) is 5.08. The molecule has 0 heterocycles. The fourth-order valence-electron chi connectivity index (χ4n) is 0.457. The third-order valence-electron chi connectivity index (χ3n) is 1.32. The minimum absolute atomic E-state index is 0.0438. The van der Waals surface area contributed by atoms with Gasteiger partial charge in [0.25, 0.3) is 0 Å². The van der Waals surface area contributed by atoms with Crippen molar-refractivity contribution in [2.75, 3.05) is 6.61 Å². The summed E-state index contributed by atoms with van der Waals surface area (Å²) in [6, 6.07) is 0. The quantitative estimate of drug-likeness (QED) is 0.488. The Balaban J connectivity index is 3.46. The van der Waals surface area contributed by atoms with Crippen LogP contribution in [0.5, 0.6) is 0 Å². The van der Waals surface area contributed by atoms with E-state index in [-0.39, 0.29) is 17.3 Å². The molecule has 1 atom stereocenters. The SMILES string of the molecule is CCC(Cl)COC(=O)C(C)C. The molecule has 1 unspecified atom stereocenters. The van der Waals surface area contributed by atoms with Crippen LogP contribution in [0.3, 0.4) is 0 Å². The van der Waals surface area contributed by atoms with Crippen LogP contribution in [0.2, 0.25) is 0 Å². The fourth-order valence-corrected chi connectivity index (χ4v) is 0.520. The molecule has 0 saturated heterocycles. The Morgan fingerprint density at radius 2 is 2.09 bits per heavy atom. The maximum Gasteiger partial charge on any atom is 0.308 e. The Bertz CT molecular complexity index is 123. The van der Waals surface area contributed by atoms with Crippen molar-refractivity contribution in [1.82, 2.24) is 0 Å². The molecule has 0 aromatic carbocycles. The summed E-state index contributed by atoms with van der Waals surface area (Å²) in [4.78, 5) is 10.9. The van der Waals surface area contributed by atoms with Gasteiger partial charge < -0.3 is 4.74 Å². The van der Waals surface area contributed by atoms with Crippen LogP contribution >= 0.6 is 11.6 Å². The molecular formula is C8H15ClO2. The maximum atomic E-state index is 10.9. The summed E-state index contributed by atoms with van der Waals surface area (Å²) in [6.45, 7) is 5.89. The van der Waals surface area contributed by atoms with Gasteiger partial charge in [0.2, 0.25) is 0 Å². The Kier molecular flexibility index (Phi) is 5.30. The van der Waals surface area contributed by atoms with E-state index in [4.69, 9.17) is 16.3 Å². The fraction of sp³-hybridized carbons (Fsp3) is 0.875. The number of hydrogen-bond acceptors (Lipinski definition) is 2. The summed E-state index contributed by atoms with van der Waals surface area (Å²) >= 11 is 5.74. The summed E-state index contributed by atoms with van der Waals surface area (Å²) in [7, 11) is 0. The number of hydrogen-bond donors (Lipinski definition) is 0. The molecular weight excluding hydrogens is 164 g/mol. The smallest absolute Gasteiger partial charge is 0.308 e. The highest BCUT2D eigenvalue weighted by Crippen LogP contribution is 2.03. The summed E-state index contributed by atoms with van der Waals surface area (Å²) in [5, 5.41) is -0.0438.